The van der Waals surface area contributed by atoms with E-state index in [0.29, 0.717) is 12.3 Å². The predicted octanol–water partition coefficient (Wildman–Crippen LogP) is 1.53. The molecule has 2 unspecified atom stereocenters. The SMILES string of the molecule is CCCC(C)CC(=O)NCCOO[P+](=O)O. The van der Waals surface area contributed by atoms with Gasteiger partial charge in [0.15, 0.2) is 0 Å². The zero-order valence-corrected chi connectivity index (χ0v) is 10.5. The minimum absolute atomic E-state index is 0.0436. The summed E-state index contributed by atoms with van der Waals surface area (Å²) in [6.45, 7) is 4.42. The lowest BCUT2D eigenvalue weighted by Gasteiger charge is -2.09. The van der Waals surface area contributed by atoms with Crippen LogP contribution in [0.5, 0.6) is 0 Å². The minimum atomic E-state index is -2.74. The van der Waals surface area contributed by atoms with Crippen molar-refractivity contribution in [1.82, 2.24) is 5.32 Å². The molecule has 2 atom stereocenters. The molecular weight excluding hydrogens is 233 g/mol. The summed E-state index contributed by atoms with van der Waals surface area (Å²) < 4.78 is 14.0. The fourth-order valence-corrected chi connectivity index (χ4v) is 1.46. The molecule has 0 radical (unpaired) electrons. The largest absolute Gasteiger partial charge is 0.725 e. The number of nitrogens with one attached hydrogen (secondary N) is 1. The quantitative estimate of drug-likeness (QED) is 0.281. The summed E-state index contributed by atoms with van der Waals surface area (Å²) in [5.41, 5.74) is 0. The van der Waals surface area contributed by atoms with Gasteiger partial charge in [-0.1, -0.05) is 26.7 Å². The third-order valence-electron chi connectivity index (χ3n) is 1.94. The summed E-state index contributed by atoms with van der Waals surface area (Å²) in [4.78, 5) is 23.9. The molecule has 94 valence electrons. The summed E-state index contributed by atoms with van der Waals surface area (Å²) in [5, 5.41) is 2.63. The van der Waals surface area contributed by atoms with Crippen LogP contribution in [-0.2, 0) is 18.9 Å². The van der Waals surface area contributed by atoms with Crippen molar-refractivity contribution in [3.8, 4) is 0 Å². The van der Waals surface area contributed by atoms with Crippen molar-refractivity contribution in [2.45, 2.75) is 33.1 Å². The summed E-state index contributed by atoms with van der Waals surface area (Å²) in [5.74, 6) is 0.326. The number of hydrogen-bond acceptors (Lipinski definition) is 4. The van der Waals surface area contributed by atoms with E-state index in [9.17, 15) is 9.36 Å². The Morgan fingerprint density at radius 2 is 2.25 bits per heavy atom. The van der Waals surface area contributed by atoms with Gasteiger partial charge in [-0.2, -0.15) is 4.89 Å². The molecule has 0 fully saturated rings. The first-order chi connectivity index (χ1) is 7.56. The molecule has 0 spiro atoms. The van der Waals surface area contributed by atoms with Crippen molar-refractivity contribution in [3.05, 3.63) is 0 Å². The second-order valence-corrected chi connectivity index (χ2v) is 4.21. The lowest BCUT2D eigenvalue weighted by atomic mass is 10.0. The Morgan fingerprint density at radius 1 is 1.56 bits per heavy atom. The molecule has 2 N–H and O–H groups in total. The Kier molecular flexibility index (Phi) is 9.33. The van der Waals surface area contributed by atoms with Crippen molar-refractivity contribution < 1.29 is 23.8 Å². The highest BCUT2D eigenvalue weighted by atomic mass is 31.1. The van der Waals surface area contributed by atoms with Gasteiger partial charge in [-0.15, -0.1) is 4.89 Å². The average Bonchev–Trinajstić information content (AvgIpc) is 2.16. The third-order valence-corrected chi connectivity index (χ3v) is 2.17. The molecule has 0 rings (SSSR count). The Labute approximate surface area is 96.2 Å². The van der Waals surface area contributed by atoms with Gasteiger partial charge in [0.25, 0.3) is 0 Å². The van der Waals surface area contributed by atoms with Gasteiger partial charge in [0.1, 0.15) is 6.61 Å². The van der Waals surface area contributed by atoms with E-state index < -0.39 is 8.25 Å². The van der Waals surface area contributed by atoms with Crippen LogP contribution >= 0.6 is 8.25 Å². The zero-order chi connectivity index (χ0) is 12.4. The molecule has 0 saturated carbocycles. The number of carbonyl (C=O) groups excluding carboxylic acids is 1. The van der Waals surface area contributed by atoms with E-state index in [0.717, 1.165) is 12.8 Å². The maximum absolute atomic E-state index is 11.3. The molecule has 0 aromatic rings. The molecule has 1 amide bonds. The van der Waals surface area contributed by atoms with Crippen LogP contribution in [0, 0.1) is 5.92 Å². The molecule has 7 heteroatoms. The van der Waals surface area contributed by atoms with Crippen LogP contribution in [0.25, 0.3) is 0 Å². The van der Waals surface area contributed by atoms with E-state index >= 15 is 0 Å². The first-order valence-electron chi connectivity index (χ1n) is 5.28. The van der Waals surface area contributed by atoms with Gasteiger partial charge in [0.2, 0.25) is 5.91 Å². The predicted molar refractivity (Wildman–Crippen MR) is 58.6 cm³/mol. The normalized spacial score (nSPS) is 13.3. The number of rotatable bonds is 9. The van der Waals surface area contributed by atoms with E-state index in [2.05, 4.69) is 21.8 Å². The van der Waals surface area contributed by atoms with Crippen molar-refractivity contribution >= 4 is 14.2 Å². The van der Waals surface area contributed by atoms with E-state index in [1.54, 1.807) is 0 Å². The van der Waals surface area contributed by atoms with Crippen LogP contribution in [0.15, 0.2) is 0 Å². The first kappa shape index (κ1) is 15.4. The molecule has 6 nitrogen and oxygen atoms in total. The fraction of sp³-hybridized carbons (Fsp3) is 0.889. The van der Waals surface area contributed by atoms with E-state index in [-0.39, 0.29) is 19.1 Å². The number of amides is 1. The molecular formula is C9H19NO5P+. The molecule has 0 bridgehead atoms. The standard InChI is InChI=1S/C9H18NO5P/c1-3-4-8(2)7-9(11)10-5-6-14-15-16(12)13/h8H,3-7H2,1-2H3,(H-,10,11,12,13)/p+1. The highest BCUT2D eigenvalue weighted by molar-refractivity contribution is 7.31. The van der Waals surface area contributed by atoms with Crippen molar-refractivity contribution in [2.24, 2.45) is 5.92 Å². The van der Waals surface area contributed by atoms with Crippen LogP contribution in [0.3, 0.4) is 0 Å². The van der Waals surface area contributed by atoms with Crippen LogP contribution in [0.1, 0.15) is 33.1 Å². The van der Waals surface area contributed by atoms with E-state index in [1.165, 1.54) is 0 Å². The molecule has 0 aliphatic heterocycles. The number of hydrogen-bond donors (Lipinski definition) is 2. The summed E-state index contributed by atoms with van der Waals surface area (Å²) in [6.07, 6.45) is 2.58. The van der Waals surface area contributed by atoms with Gasteiger partial charge in [-0.05, 0) is 5.92 Å². The molecule has 0 aromatic heterocycles. The van der Waals surface area contributed by atoms with Crippen molar-refractivity contribution in [1.29, 1.82) is 0 Å². The third kappa shape index (κ3) is 9.98. The molecule has 0 saturated heterocycles. The maximum Gasteiger partial charge on any atom is 0.725 e. The van der Waals surface area contributed by atoms with Gasteiger partial charge in [0, 0.05) is 17.5 Å². The van der Waals surface area contributed by atoms with Gasteiger partial charge in [-0.25, -0.2) is 0 Å². The summed E-state index contributed by atoms with van der Waals surface area (Å²) in [6, 6.07) is 0. The summed E-state index contributed by atoms with van der Waals surface area (Å²) >= 11 is 0. The second-order valence-electron chi connectivity index (χ2n) is 3.58. The van der Waals surface area contributed by atoms with Crippen molar-refractivity contribution in [2.75, 3.05) is 13.2 Å². The molecule has 16 heavy (non-hydrogen) atoms. The molecule has 0 aromatic carbocycles. The zero-order valence-electron chi connectivity index (χ0n) is 9.64. The van der Waals surface area contributed by atoms with Gasteiger partial charge >= 0.3 is 8.25 Å². The highest BCUT2D eigenvalue weighted by Crippen LogP contribution is 2.13. The Morgan fingerprint density at radius 3 is 2.81 bits per heavy atom. The lowest BCUT2D eigenvalue weighted by molar-refractivity contribution is -0.206. The Hall–Kier alpha value is -0.550. The van der Waals surface area contributed by atoms with Gasteiger partial charge in [-0.3, -0.25) is 4.79 Å². The van der Waals surface area contributed by atoms with Gasteiger partial charge < -0.3 is 5.32 Å². The minimum Gasteiger partial charge on any atom is -0.354 e. The maximum atomic E-state index is 11.3. The van der Waals surface area contributed by atoms with Crippen LogP contribution in [0.2, 0.25) is 0 Å². The molecule has 0 heterocycles. The Bertz CT molecular complexity index is 224. The van der Waals surface area contributed by atoms with Crippen LogP contribution in [-0.4, -0.2) is 24.0 Å². The highest BCUT2D eigenvalue weighted by Gasteiger charge is 2.13. The first-order valence-corrected chi connectivity index (χ1v) is 6.41. The van der Waals surface area contributed by atoms with E-state index in [4.69, 9.17) is 4.89 Å². The molecule has 0 aliphatic rings. The Balaban J connectivity index is 3.40. The average molecular weight is 252 g/mol. The fourth-order valence-electron chi connectivity index (χ4n) is 1.30. The topological polar surface area (TPSA) is 84.9 Å². The monoisotopic (exact) mass is 252 g/mol. The lowest BCUT2D eigenvalue weighted by Crippen LogP contribution is -2.28. The van der Waals surface area contributed by atoms with Crippen LogP contribution in [0.4, 0.5) is 0 Å². The molecule has 0 aliphatic carbocycles. The number of carbonyl (C=O) groups is 1. The van der Waals surface area contributed by atoms with E-state index in [1.807, 2.05) is 6.92 Å². The second kappa shape index (κ2) is 9.66. The van der Waals surface area contributed by atoms with Crippen molar-refractivity contribution in [3.63, 3.8) is 0 Å². The smallest absolute Gasteiger partial charge is 0.354 e. The summed E-state index contributed by atoms with van der Waals surface area (Å²) in [7, 11) is -2.74. The van der Waals surface area contributed by atoms with Gasteiger partial charge in [0.05, 0.1) is 4.67 Å². The van der Waals surface area contributed by atoms with Crippen LogP contribution < -0.4 is 5.32 Å².